The van der Waals surface area contributed by atoms with E-state index >= 15 is 0 Å². The van der Waals surface area contributed by atoms with E-state index < -0.39 is 0 Å². The molecule has 0 aliphatic carbocycles. The smallest absolute Gasteiger partial charge is 0.227 e. The molecule has 1 unspecified atom stereocenters. The van der Waals surface area contributed by atoms with Crippen LogP contribution in [0.5, 0.6) is 11.5 Å². The number of carbonyl (C=O) groups is 1. The van der Waals surface area contributed by atoms with E-state index in [4.69, 9.17) is 9.47 Å². The zero-order valence-corrected chi connectivity index (χ0v) is 11.4. The lowest BCUT2D eigenvalue weighted by Gasteiger charge is -2.40. The van der Waals surface area contributed by atoms with Crippen LogP contribution in [0, 0.1) is 0 Å². The van der Waals surface area contributed by atoms with Crippen molar-refractivity contribution in [3.05, 3.63) is 23.3 Å². The highest BCUT2D eigenvalue weighted by Crippen LogP contribution is 2.41. The molecule has 1 saturated heterocycles. The topological polar surface area (TPSA) is 38.8 Å². The van der Waals surface area contributed by atoms with Crippen molar-refractivity contribution < 1.29 is 14.3 Å². The Morgan fingerprint density at radius 2 is 1.89 bits per heavy atom. The van der Waals surface area contributed by atoms with E-state index in [1.165, 1.54) is 12.0 Å². The van der Waals surface area contributed by atoms with Crippen molar-refractivity contribution >= 4 is 5.91 Å². The highest BCUT2D eigenvalue weighted by molar-refractivity contribution is 5.82. The summed E-state index contributed by atoms with van der Waals surface area (Å²) in [4.78, 5) is 14.2. The van der Waals surface area contributed by atoms with Crippen molar-refractivity contribution in [2.75, 3.05) is 20.8 Å². The number of hydrogen-bond acceptors (Lipinski definition) is 3. The van der Waals surface area contributed by atoms with Crippen molar-refractivity contribution in [3.63, 3.8) is 0 Å². The second-order valence-electron chi connectivity index (χ2n) is 5.18. The van der Waals surface area contributed by atoms with E-state index in [1.54, 1.807) is 14.2 Å². The molecule has 19 heavy (non-hydrogen) atoms. The summed E-state index contributed by atoms with van der Waals surface area (Å²) in [6, 6.07) is 4.23. The number of carbonyl (C=O) groups excluding carboxylic acids is 1. The third-order valence-electron chi connectivity index (χ3n) is 4.17. The molecule has 1 fully saturated rings. The van der Waals surface area contributed by atoms with Crippen molar-refractivity contribution in [3.8, 4) is 11.5 Å². The van der Waals surface area contributed by atoms with Gasteiger partial charge in [-0.05, 0) is 42.5 Å². The number of ether oxygens (including phenoxy) is 2. The number of rotatable bonds is 2. The number of methoxy groups -OCH3 is 2. The van der Waals surface area contributed by atoms with Gasteiger partial charge in [0.2, 0.25) is 5.91 Å². The van der Waals surface area contributed by atoms with Crippen LogP contribution in [0.1, 0.15) is 36.4 Å². The molecular formula is C15H19NO3. The van der Waals surface area contributed by atoms with E-state index in [1.807, 2.05) is 17.0 Å². The highest BCUT2D eigenvalue weighted by Gasteiger charge is 2.34. The monoisotopic (exact) mass is 261 g/mol. The van der Waals surface area contributed by atoms with Gasteiger partial charge in [-0.3, -0.25) is 4.79 Å². The number of amides is 1. The first-order valence-corrected chi connectivity index (χ1v) is 6.79. The Balaban J connectivity index is 2.08. The maximum absolute atomic E-state index is 12.2. The fourth-order valence-electron chi connectivity index (χ4n) is 3.22. The molecule has 2 aliphatic heterocycles. The summed E-state index contributed by atoms with van der Waals surface area (Å²) in [5.74, 6) is 1.70. The van der Waals surface area contributed by atoms with Gasteiger partial charge in [0.15, 0.2) is 11.5 Å². The van der Waals surface area contributed by atoms with Crippen LogP contribution in [-0.4, -0.2) is 31.6 Å². The van der Waals surface area contributed by atoms with Gasteiger partial charge in [-0.25, -0.2) is 0 Å². The van der Waals surface area contributed by atoms with Crippen molar-refractivity contribution in [2.24, 2.45) is 0 Å². The zero-order valence-electron chi connectivity index (χ0n) is 11.4. The Morgan fingerprint density at radius 1 is 1.16 bits per heavy atom. The molecule has 1 atom stereocenters. The van der Waals surface area contributed by atoms with Gasteiger partial charge >= 0.3 is 0 Å². The van der Waals surface area contributed by atoms with E-state index in [-0.39, 0.29) is 11.9 Å². The second kappa shape index (κ2) is 4.76. The van der Waals surface area contributed by atoms with Crippen LogP contribution < -0.4 is 9.47 Å². The minimum atomic E-state index is 0.227. The highest BCUT2D eigenvalue weighted by atomic mass is 16.5. The molecule has 0 aromatic heterocycles. The fraction of sp³-hybridized carbons (Fsp3) is 0.533. The van der Waals surface area contributed by atoms with Gasteiger partial charge in [0.25, 0.3) is 0 Å². The van der Waals surface area contributed by atoms with Crippen molar-refractivity contribution in [1.29, 1.82) is 0 Å². The molecular weight excluding hydrogens is 242 g/mol. The fourth-order valence-corrected chi connectivity index (χ4v) is 3.22. The molecule has 1 aromatic rings. The molecule has 0 spiro atoms. The average Bonchev–Trinajstić information content (AvgIpc) is 2.46. The summed E-state index contributed by atoms with van der Waals surface area (Å²) in [6.07, 6.45) is 3.83. The summed E-state index contributed by atoms with van der Waals surface area (Å²) < 4.78 is 10.7. The van der Waals surface area contributed by atoms with Gasteiger partial charge in [-0.1, -0.05) is 0 Å². The lowest BCUT2D eigenvalue weighted by Crippen LogP contribution is -2.43. The van der Waals surface area contributed by atoms with E-state index in [0.717, 1.165) is 30.7 Å². The molecule has 3 rings (SSSR count). The van der Waals surface area contributed by atoms with Gasteiger partial charge in [0.05, 0.1) is 26.7 Å². The van der Waals surface area contributed by atoms with Crippen molar-refractivity contribution in [2.45, 2.75) is 31.7 Å². The van der Waals surface area contributed by atoms with Crippen LogP contribution in [-0.2, 0) is 11.2 Å². The summed E-state index contributed by atoms with van der Waals surface area (Å²) in [7, 11) is 3.28. The van der Waals surface area contributed by atoms with Gasteiger partial charge in [-0.2, -0.15) is 0 Å². The van der Waals surface area contributed by atoms with Gasteiger partial charge in [0, 0.05) is 6.54 Å². The Labute approximate surface area is 113 Å². The Hall–Kier alpha value is -1.71. The minimum Gasteiger partial charge on any atom is -0.493 e. The SMILES string of the molecule is COc1cc2c(cc1OC)C1CCCCN1C(=O)C2. The summed E-state index contributed by atoms with van der Waals surface area (Å²) in [5.41, 5.74) is 2.32. The lowest BCUT2D eigenvalue weighted by molar-refractivity contribution is -0.135. The van der Waals surface area contributed by atoms with Crippen LogP contribution in [0.4, 0.5) is 0 Å². The molecule has 4 nitrogen and oxygen atoms in total. The number of benzene rings is 1. The van der Waals surface area contributed by atoms with Crippen LogP contribution in [0.25, 0.3) is 0 Å². The normalized spacial score (nSPS) is 21.7. The Bertz CT molecular complexity index is 512. The molecule has 1 aromatic carbocycles. The first kappa shape index (κ1) is 12.3. The summed E-state index contributed by atoms with van der Waals surface area (Å²) >= 11 is 0. The Kier molecular flexibility index (Phi) is 3.09. The number of fused-ring (bicyclic) bond motifs is 3. The standard InChI is InChI=1S/C15H19NO3/c1-18-13-7-10-8-15(17)16-6-4-3-5-12(16)11(10)9-14(13)19-2/h7,9,12H,3-6,8H2,1-2H3. The third kappa shape index (κ3) is 1.95. The predicted molar refractivity (Wildman–Crippen MR) is 71.6 cm³/mol. The molecule has 1 amide bonds. The molecule has 2 heterocycles. The molecule has 2 aliphatic rings. The minimum absolute atomic E-state index is 0.227. The van der Waals surface area contributed by atoms with Crippen LogP contribution in [0.2, 0.25) is 0 Å². The third-order valence-corrected chi connectivity index (χ3v) is 4.17. The zero-order chi connectivity index (χ0) is 13.4. The first-order chi connectivity index (χ1) is 9.24. The van der Waals surface area contributed by atoms with E-state index in [2.05, 4.69) is 0 Å². The van der Waals surface area contributed by atoms with Gasteiger partial charge in [0.1, 0.15) is 0 Å². The molecule has 0 bridgehead atoms. The van der Waals surface area contributed by atoms with Crippen LogP contribution in [0.3, 0.4) is 0 Å². The first-order valence-electron chi connectivity index (χ1n) is 6.79. The average molecular weight is 261 g/mol. The molecule has 0 radical (unpaired) electrons. The van der Waals surface area contributed by atoms with Gasteiger partial charge < -0.3 is 14.4 Å². The maximum Gasteiger partial charge on any atom is 0.227 e. The second-order valence-corrected chi connectivity index (χ2v) is 5.18. The van der Waals surface area contributed by atoms with Crippen LogP contribution in [0.15, 0.2) is 12.1 Å². The summed E-state index contributed by atoms with van der Waals surface area (Å²) in [6.45, 7) is 0.886. The van der Waals surface area contributed by atoms with Crippen LogP contribution >= 0.6 is 0 Å². The maximum atomic E-state index is 12.2. The van der Waals surface area contributed by atoms with Gasteiger partial charge in [-0.15, -0.1) is 0 Å². The van der Waals surface area contributed by atoms with E-state index in [0.29, 0.717) is 12.2 Å². The number of hydrogen-bond donors (Lipinski definition) is 0. The lowest BCUT2D eigenvalue weighted by atomic mass is 9.86. The molecule has 0 saturated carbocycles. The molecule has 0 N–H and O–H groups in total. The molecule has 102 valence electrons. The van der Waals surface area contributed by atoms with E-state index in [9.17, 15) is 4.79 Å². The Morgan fingerprint density at radius 3 is 2.63 bits per heavy atom. The predicted octanol–water partition coefficient (Wildman–Crippen LogP) is 2.31. The quantitative estimate of drug-likeness (QED) is 0.820. The molecule has 4 heteroatoms. The number of piperidine rings is 1. The van der Waals surface area contributed by atoms with Crippen molar-refractivity contribution in [1.82, 2.24) is 4.90 Å². The largest absolute Gasteiger partial charge is 0.493 e. The summed E-state index contributed by atoms with van der Waals surface area (Å²) in [5, 5.41) is 0. The number of nitrogens with zero attached hydrogens (tertiary/aromatic N) is 1.